The molecule has 0 spiro atoms. The molecule has 244 valence electrons. The third kappa shape index (κ3) is 10.1. The molecule has 0 aliphatic carbocycles. The molecule has 1 N–H and O–H groups in total. The second-order valence-electron chi connectivity index (χ2n) is 10.4. The average molecular weight is 634 g/mol. The number of aliphatic hydroxyl groups is 1. The van der Waals surface area contributed by atoms with Crippen molar-refractivity contribution in [3.8, 4) is 11.5 Å². The fourth-order valence-corrected chi connectivity index (χ4v) is 4.84. The SMILES string of the molecule is COc1ccc(/C(=C(\c2ccccc2)[N+](=O)[O-])c2ccc(OCCN3CCCC3)cc2)cc1.O=C([O-])CC(O)(CC(=O)[O-])C(=O)[O-]. The van der Waals surface area contributed by atoms with Crippen LogP contribution in [-0.2, 0) is 14.4 Å². The van der Waals surface area contributed by atoms with Crippen molar-refractivity contribution in [3.63, 3.8) is 0 Å². The summed E-state index contributed by atoms with van der Waals surface area (Å²) in [4.78, 5) is 44.3. The monoisotopic (exact) mass is 633 g/mol. The first-order valence-electron chi connectivity index (χ1n) is 14.3. The quantitative estimate of drug-likeness (QED) is 0.143. The topological polar surface area (TPSA) is 205 Å². The van der Waals surface area contributed by atoms with Gasteiger partial charge in [0, 0.05) is 31.3 Å². The Morgan fingerprint density at radius 2 is 1.30 bits per heavy atom. The molecule has 0 amide bonds. The number of methoxy groups -OCH3 is 1. The van der Waals surface area contributed by atoms with E-state index in [4.69, 9.17) is 14.6 Å². The maximum Gasteiger partial charge on any atom is 0.284 e. The molecule has 1 heterocycles. The summed E-state index contributed by atoms with van der Waals surface area (Å²) in [6.45, 7) is 3.83. The highest BCUT2D eigenvalue weighted by molar-refractivity contribution is 5.95. The van der Waals surface area contributed by atoms with Gasteiger partial charge in [-0.05, 0) is 73.5 Å². The number of carboxylic acid groups (broad SMARTS) is 3. The van der Waals surface area contributed by atoms with E-state index in [1.54, 1.807) is 19.2 Å². The first kappa shape index (κ1) is 35.2. The molecule has 1 aliphatic heterocycles. The van der Waals surface area contributed by atoms with Crippen LogP contribution in [0.3, 0.4) is 0 Å². The highest BCUT2D eigenvalue weighted by Gasteiger charge is 2.29. The van der Waals surface area contributed by atoms with Crippen LogP contribution in [0.5, 0.6) is 11.5 Å². The Kier molecular flexibility index (Phi) is 12.8. The Labute approximate surface area is 265 Å². The molecule has 0 aromatic heterocycles. The van der Waals surface area contributed by atoms with E-state index in [0.717, 1.165) is 36.5 Å². The zero-order chi connectivity index (χ0) is 33.7. The zero-order valence-corrected chi connectivity index (χ0v) is 25.1. The van der Waals surface area contributed by atoms with Crippen LogP contribution in [0.2, 0.25) is 0 Å². The molecule has 1 aliphatic rings. The predicted octanol–water partition coefficient (Wildman–Crippen LogP) is 0.111. The number of nitrogens with zero attached hydrogens (tertiary/aromatic N) is 2. The Morgan fingerprint density at radius 1 is 0.804 bits per heavy atom. The van der Waals surface area contributed by atoms with Gasteiger partial charge in [-0.15, -0.1) is 0 Å². The number of benzene rings is 3. The van der Waals surface area contributed by atoms with Crippen LogP contribution in [0.15, 0.2) is 78.9 Å². The molecule has 13 nitrogen and oxygen atoms in total. The molecule has 3 aromatic rings. The summed E-state index contributed by atoms with van der Waals surface area (Å²) >= 11 is 0. The highest BCUT2D eigenvalue weighted by atomic mass is 16.6. The molecule has 13 heteroatoms. The molecule has 0 unspecified atom stereocenters. The number of hydrogen-bond donors (Lipinski definition) is 1. The van der Waals surface area contributed by atoms with Crippen LogP contribution in [0.1, 0.15) is 42.4 Å². The number of hydrogen-bond acceptors (Lipinski definition) is 12. The molecular weight excluding hydrogens is 600 g/mol. The maximum atomic E-state index is 12.2. The molecule has 1 saturated heterocycles. The van der Waals surface area contributed by atoms with E-state index >= 15 is 0 Å². The van der Waals surface area contributed by atoms with Gasteiger partial charge in [-0.25, -0.2) is 0 Å². The summed E-state index contributed by atoms with van der Waals surface area (Å²) in [7, 11) is 1.60. The number of likely N-dealkylation sites (tertiary alicyclic amines) is 1. The molecular formula is C33H33N2O11-3. The van der Waals surface area contributed by atoms with Crippen molar-refractivity contribution in [2.24, 2.45) is 0 Å². The second-order valence-corrected chi connectivity index (χ2v) is 10.4. The van der Waals surface area contributed by atoms with E-state index in [2.05, 4.69) is 4.90 Å². The molecule has 3 aromatic carbocycles. The molecule has 1 fully saturated rings. The van der Waals surface area contributed by atoms with Gasteiger partial charge in [0.25, 0.3) is 5.70 Å². The summed E-state index contributed by atoms with van der Waals surface area (Å²) < 4.78 is 11.2. The smallest absolute Gasteiger partial charge is 0.284 e. The van der Waals surface area contributed by atoms with E-state index in [1.165, 1.54) is 12.8 Å². The lowest BCUT2D eigenvalue weighted by molar-refractivity contribution is -0.374. The van der Waals surface area contributed by atoms with Crippen molar-refractivity contribution in [2.75, 3.05) is 33.4 Å². The third-order valence-corrected chi connectivity index (χ3v) is 7.12. The van der Waals surface area contributed by atoms with Gasteiger partial charge in [0.05, 0.1) is 29.1 Å². The van der Waals surface area contributed by atoms with E-state index < -0.39 is 36.4 Å². The van der Waals surface area contributed by atoms with Gasteiger partial charge >= 0.3 is 0 Å². The number of carbonyl (C=O) groups is 3. The van der Waals surface area contributed by atoms with Gasteiger partial charge in [-0.1, -0.05) is 42.5 Å². The first-order valence-corrected chi connectivity index (χ1v) is 14.3. The first-order chi connectivity index (χ1) is 21.9. The van der Waals surface area contributed by atoms with E-state index in [1.807, 2.05) is 66.7 Å². The number of ether oxygens (including phenoxy) is 2. The summed E-state index contributed by atoms with van der Waals surface area (Å²) in [5.74, 6) is -4.53. The summed E-state index contributed by atoms with van der Waals surface area (Å²) in [6, 6.07) is 23.8. The van der Waals surface area contributed by atoms with Crippen molar-refractivity contribution in [2.45, 2.75) is 31.3 Å². The largest absolute Gasteiger partial charge is 0.550 e. The minimum Gasteiger partial charge on any atom is -0.550 e. The van der Waals surface area contributed by atoms with Gasteiger partial charge in [-0.2, -0.15) is 0 Å². The van der Waals surface area contributed by atoms with Crippen molar-refractivity contribution in [1.29, 1.82) is 0 Å². The minimum atomic E-state index is -2.97. The lowest BCUT2D eigenvalue weighted by Crippen LogP contribution is -2.54. The van der Waals surface area contributed by atoms with E-state index in [0.29, 0.717) is 23.5 Å². The third-order valence-electron chi connectivity index (χ3n) is 7.12. The Bertz CT molecular complexity index is 1500. The van der Waals surface area contributed by atoms with Crippen LogP contribution in [-0.4, -0.2) is 71.8 Å². The van der Waals surface area contributed by atoms with Gasteiger partial charge in [-0.3, -0.25) is 15.0 Å². The lowest BCUT2D eigenvalue weighted by Gasteiger charge is -2.29. The van der Waals surface area contributed by atoms with Crippen LogP contribution in [0.25, 0.3) is 11.3 Å². The number of rotatable bonds is 14. The summed E-state index contributed by atoms with van der Waals surface area (Å²) in [6.07, 6.45) is -0.197. The Morgan fingerprint density at radius 3 is 1.74 bits per heavy atom. The fourth-order valence-electron chi connectivity index (χ4n) is 4.84. The van der Waals surface area contributed by atoms with Crippen LogP contribution < -0.4 is 24.8 Å². The van der Waals surface area contributed by atoms with Crippen molar-refractivity contribution in [1.82, 2.24) is 4.90 Å². The normalized spacial score (nSPS) is 13.5. The van der Waals surface area contributed by atoms with Crippen molar-refractivity contribution < 1.29 is 49.2 Å². The molecule has 46 heavy (non-hydrogen) atoms. The Hall–Kier alpha value is -5.27. The lowest BCUT2D eigenvalue weighted by atomic mass is 9.93. The molecule has 0 bridgehead atoms. The summed E-state index contributed by atoms with van der Waals surface area (Å²) in [5.41, 5.74) is -0.311. The number of carbonyl (C=O) groups excluding carboxylic acids is 3. The number of carboxylic acids is 3. The number of nitro groups is 1. The zero-order valence-electron chi connectivity index (χ0n) is 25.1. The number of aliphatic carboxylic acids is 3. The molecule has 4 rings (SSSR count). The highest BCUT2D eigenvalue weighted by Crippen LogP contribution is 2.34. The van der Waals surface area contributed by atoms with Crippen molar-refractivity contribution in [3.05, 3.63) is 106 Å². The Balaban J connectivity index is 0.000000376. The fraction of sp³-hybridized carbons (Fsp3) is 0.303. The van der Waals surface area contributed by atoms with Gasteiger partial charge in [0.15, 0.2) is 0 Å². The standard InChI is InChI=1S/C27H28N2O4.C6H8O7/c1-32-24-13-9-21(10-14-24)26(27(29(30)31)23-7-3-2-4-8-23)22-11-15-25(16-12-22)33-20-19-28-17-5-6-18-28;7-3(8)1-6(13,5(11)12)2-4(9)10/h2-4,7-16H,5-6,17-20H2,1H3;13H,1-2H2,(H,7,8)(H,9,10)(H,11,12)/p-3/b27-26-;. The second kappa shape index (κ2) is 16.7. The molecule has 0 atom stereocenters. The van der Waals surface area contributed by atoms with Crippen LogP contribution >= 0.6 is 0 Å². The van der Waals surface area contributed by atoms with Gasteiger partial charge < -0.3 is 44.3 Å². The van der Waals surface area contributed by atoms with E-state index in [9.17, 15) is 39.8 Å². The maximum absolute atomic E-state index is 12.2. The predicted molar refractivity (Wildman–Crippen MR) is 159 cm³/mol. The molecule has 0 saturated carbocycles. The molecule has 0 radical (unpaired) electrons. The minimum absolute atomic E-state index is 0.0588. The van der Waals surface area contributed by atoms with Gasteiger partial charge in [0.1, 0.15) is 23.7 Å². The summed E-state index contributed by atoms with van der Waals surface area (Å²) in [5, 5.41) is 51.2. The van der Waals surface area contributed by atoms with Gasteiger partial charge in [0.2, 0.25) is 0 Å². The van der Waals surface area contributed by atoms with Crippen LogP contribution in [0, 0.1) is 10.1 Å². The van der Waals surface area contributed by atoms with Crippen LogP contribution in [0.4, 0.5) is 0 Å². The average Bonchev–Trinajstić information content (AvgIpc) is 3.54. The van der Waals surface area contributed by atoms with Crippen molar-refractivity contribution >= 4 is 29.2 Å². The van der Waals surface area contributed by atoms with E-state index in [-0.39, 0.29) is 10.6 Å².